The molecule has 2 aromatic rings. The van der Waals surface area contributed by atoms with Gasteiger partial charge in [-0.2, -0.15) is 10.2 Å². The summed E-state index contributed by atoms with van der Waals surface area (Å²) in [5, 5.41) is 10.7. The summed E-state index contributed by atoms with van der Waals surface area (Å²) < 4.78 is 4.92. The predicted molar refractivity (Wildman–Crippen MR) is 72.1 cm³/mol. The average molecular weight is 273 g/mol. The molecule has 0 aliphatic rings. The predicted octanol–water partition coefficient (Wildman–Crippen LogP) is 1.36. The van der Waals surface area contributed by atoms with Gasteiger partial charge in [0.25, 0.3) is 0 Å². The van der Waals surface area contributed by atoms with E-state index in [4.69, 9.17) is 4.74 Å². The Morgan fingerprint density at radius 1 is 1.45 bits per heavy atom. The molecule has 7 heteroatoms. The van der Waals surface area contributed by atoms with Gasteiger partial charge in [-0.3, -0.25) is 0 Å². The molecule has 0 radical (unpaired) electrons. The van der Waals surface area contributed by atoms with Crippen LogP contribution in [0.5, 0.6) is 0 Å². The SMILES string of the molecule is CCOC(=O)c1cnc(NCc2cccnn2)nc1C. The molecule has 0 saturated heterocycles. The summed E-state index contributed by atoms with van der Waals surface area (Å²) in [6.07, 6.45) is 3.07. The molecule has 0 saturated carbocycles. The quantitative estimate of drug-likeness (QED) is 0.822. The van der Waals surface area contributed by atoms with Gasteiger partial charge in [0.2, 0.25) is 5.95 Å². The Balaban J connectivity index is 2.04. The van der Waals surface area contributed by atoms with Crippen LogP contribution in [0, 0.1) is 6.92 Å². The summed E-state index contributed by atoms with van der Waals surface area (Å²) in [6, 6.07) is 3.65. The maximum Gasteiger partial charge on any atom is 0.341 e. The fourth-order valence-electron chi connectivity index (χ4n) is 1.56. The van der Waals surface area contributed by atoms with Crippen molar-refractivity contribution in [1.29, 1.82) is 0 Å². The maximum absolute atomic E-state index is 11.6. The topological polar surface area (TPSA) is 89.9 Å². The molecule has 1 N–H and O–H groups in total. The van der Waals surface area contributed by atoms with Crippen molar-refractivity contribution in [2.24, 2.45) is 0 Å². The Hall–Kier alpha value is -2.57. The van der Waals surface area contributed by atoms with E-state index in [9.17, 15) is 4.79 Å². The molecule has 0 aliphatic carbocycles. The van der Waals surface area contributed by atoms with Gasteiger partial charge in [-0.05, 0) is 26.0 Å². The fourth-order valence-corrected chi connectivity index (χ4v) is 1.56. The summed E-state index contributed by atoms with van der Waals surface area (Å²) in [4.78, 5) is 19.9. The minimum Gasteiger partial charge on any atom is -0.462 e. The van der Waals surface area contributed by atoms with E-state index in [0.717, 1.165) is 5.69 Å². The number of carbonyl (C=O) groups is 1. The first kappa shape index (κ1) is 13.9. The molecule has 20 heavy (non-hydrogen) atoms. The summed E-state index contributed by atoms with van der Waals surface area (Å²) in [5.41, 5.74) is 1.72. The second-order valence-electron chi connectivity index (χ2n) is 3.98. The standard InChI is InChI=1S/C13H15N5O2/c1-3-20-12(19)11-8-15-13(17-9(11)2)14-7-10-5-4-6-16-18-10/h4-6,8H,3,7H2,1-2H3,(H,14,15,17). The van der Waals surface area contributed by atoms with Crippen LogP contribution in [0.1, 0.15) is 28.7 Å². The zero-order valence-corrected chi connectivity index (χ0v) is 11.3. The first-order chi connectivity index (χ1) is 9.70. The van der Waals surface area contributed by atoms with Crippen molar-refractivity contribution in [3.8, 4) is 0 Å². The number of hydrogen-bond donors (Lipinski definition) is 1. The van der Waals surface area contributed by atoms with Crippen LogP contribution in [-0.4, -0.2) is 32.7 Å². The number of hydrogen-bond acceptors (Lipinski definition) is 7. The minimum atomic E-state index is -0.412. The largest absolute Gasteiger partial charge is 0.462 e. The number of nitrogens with zero attached hydrogens (tertiary/aromatic N) is 4. The lowest BCUT2D eigenvalue weighted by Gasteiger charge is -2.07. The molecule has 0 spiro atoms. The highest BCUT2D eigenvalue weighted by atomic mass is 16.5. The number of aryl methyl sites for hydroxylation is 1. The molecule has 0 amide bonds. The van der Waals surface area contributed by atoms with Crippen LogP contribution in [0.25, 0.3) is 0 Å². The summed E-state index contributed by atoms with van der Waals surface area (Å²) >= 11 is 0. The second kappa shape index (κ2) is 6.55. The molecule has 0 aliphatic heterocycles. The number of esters is 1. The highest BCUT2D eigenvalue weighted by Crippen LogP contribution is 2.09. The van der Waals surface area contributed by atoms with E-state index in [-0.39, 0.29) is 0 Å². The third-order valence-corrected chi connectivity index (χ3v) is 2.53. The van der Waals surface area contributed by atoms with Crippen molar-refractivity contribution in [2.45, 2.75) is 20.4 Å². The van der Waals surface area contributed by atoms with E-state index in [2.05, 4.69) is 25.5 Å². The number of rotatable bonds is 5. The van der Waals surface area contributed by atoms with E-state index in [0.29, 0.717) is 30.4 Å². The van der Waals surface area contributed by atoms with Crippen LogP contribution in [-0.2, 0) is 11.3 Å². The average Bonchev–Trinajstić information content (AvgIpc) is 2.46. The van der Waals surface area contributed by atoms with Crippen molar-refractivity contribution in [1.82, 2.24) is 20.2 Å². The van der Waals surface area contributed by atoms with Gasteiger partial charge in [-0.15, -0.1) is 0 Å². The van der Waals surface area contributed by atoms with Crippen molar-refractivity contribution < 1.29 is 9.53 Å². The van der Waals surface area contributed by atoms with Crippen LogP contribution in [0.4, 0.5) is 5.95 Å². The molecule has 2 aromatic heterocycles. The third-order valence-electron chi connectivity index (χ3n) is 2.53. The van der Waals surface area contributed by atoms with Gasteiger partial charge in [0.1, 0.15) is 0 Å². The van der Waals surface area contributed by atoms with Crippen LogP contribution >= 0.6 is 0 Å². The zero-order valence-electron chi connectivity index (χ0n) is 11.3. The number of aromatic nitrogens is 4. The molecule has 0 bridgehead atoms. The summed E-state index contributed by atoms with van der Waals surface area (Å²) in [7, 11) is 0. The molecule has 7 nitrogen and oxygen atoms in total. The minimum absolute atomic E-state index is 0.324. The molecule has 0 unspecified atom stereocenters. The Bertz CT molecular complexity index is 589. The molecule has 104 valence electrons. The Morgan fingerprint density at radius 2 is 2.30 bits per heavy atom. The van der Waals surface area contributed by atoms with Crippen LogP contribution in [0.3, 0.4) is 0 Å². The van der Waals surface area contributed by atoms with Crippen LogP contribution in [0.2, 0.25) is 0 Å². The van der Waals surface area contributed by atoms with Crippen molar-refractivity contribution in [2.75, 3.05) is 11.9 Å². The first-order valence-electron chi connectivity index (χ1n) is 6.22. The van der Waals surface area contributed by atoms with Crippen molar-refractivity contribution in [3.63, 3.8) is 0 Å². The van der Waals surface area contributed by atoms with Crippen LogP contribution in [0.15, 0.2) is 24.5 Å². The monoisotopic (exact) mass is 273 g/mol. The normalized spacial score (nSPS) is 10.1. The molecule has 0 fully saturated rings. The van der Waals surface area contributed by atoms with E-state index in [1.165, 1.54) is 6.20 Å². The molecule has 2 rings (SSSR count). The number of ether oxygens (including phenoxy) is 1. The van der Waals surface area contributed by atoms with Gasteiger partial charge in [0, 0.05) is 12.4 Å². The first-order valence-corrected chi connectivity index (χ1v) is 6.22. The third kappa shape index (κ3) is 3.47. The van der Waals surface area contributed by atoms with E-state index in [1.807, 2.05) is 6.07 Å². The van der Waals surface area contributed by atoms with Crippen LogP contribution < -0.4 is 5.32 Å². The maximum atomic E-state index is 11.6. The zero-order chi connectivity index (χ0) is 14.4. The number of anilines is 1. The van der Waals surface area contributed by atoms with Crippen molar-refractivity contribution in [3.05, 3.63) is 41.5 Å². The molecule has 2 heterocycles. The van der Waals surface area contributed by atoms with Gasteiger partial charge < -0.3 is 10.1 Å². The number of carbonyl (C=O) groups excluding carboxylic acids is 1. The molecular formula is C13H15N5O2. The Morgan fingerprint density at radius 3 is 2.95 bits per heavy atom. The van der Waals surface area contributed by atoms with E-state index < -0.39 is 5.97 Å². The van der Waals surface area contributed by atoms with E-state index >= 15 is 0 Å². The lowest BCUT2D eigenvalue weighted by atomic mass is 10.2. The smallest absolute Gasteiger partial charge is 0.341 e. The summed E-state index contributed by atoms with van der Waals surface area (Å²) in [6.45, 7) is 4.28. The van der Waals surface area contributed by atoms with Gasteiger partial charge in [-0.25, -0.2) is 14.8 Å². The molecular weight excluding hydrogens is 258 g/mol. The van der Waals surface area contributed by atoms with Gasteiger partial charge in [0.15, 0.2) is 0 Å². The Kier molecular flexibility index (Phi) is 4.54. The molecule has 0 atom stereocenters. The molecule has 0 aromatic carbocycles. The highest BCUT2D eigenvalue weighted by Gasteiger charge is 2.12. The van der Waals surface area contributed by atoms with Crippen molar-refractivity contribution >= 4 is 11.9 Å². The number of nitrogens with one attached hydrogen (secondary N) is 1. The van der Waals surface area contributed by atoms with Gasteiger partial charge in [-0.1, -0.05) is 0 Å². The summed E-state index contributed by atoms with van der Waals surface area (Å²) in [5.74, 6) is 0.0201. The second-order valence-corrected chi connectivity index (χ2v) is 3.98. The Labute approximate surface area is 116 Å². The lowest BCUT2D eigenvalue weighted by Crippen LogP contribution is -2.11. The lowest BCUT2D eigenvalue weighted by molar-refractivity contribution is 0.0524. The highest BCUT2D eigenvalue weighted by molar-refractivity contribution is 5.90. The van der Waals surface area contributed by atoms with E-state index in [1.54, 1.807) is 26.1 Å². The van der Waals surface area contributed by atoms with Gasteiger partial charge in [0.05, 0.1) is 30.1 Å². The van der Waals surface area contributed by atoms with Gasteiger partial charge >= 0.3 is 5.97 Å². The fraction of sp³-hybridized carbons (Fsp3) is 0.308.